The summed E-state index contributed by atoms with van der Waals surface area (Å²) < 4.78 is 34.9. The summed E-state index contributed by atoms with van der Waals surface area (Å²) in [5, 5.41) is 13.2. The number of ether oxygens (including phenoxy) is 1. The zero-order chi connectivity index (χ0) is 26.8. The molecule has 1 saturated carbocycles. The van der Waals surface area contributed by atoms with Gasteiger partial charge in [0.25, 0.3) is 0 Å². The van der Waals surface area contributed by atoms with E-state index in [1.807, 2.05) is 0 Å². The first-order valence-electron chi connectivity index (χ1n) is 13.2. The van der Waals surface area contributed by atoms with Gasteiger partial charge in [0.1, 0.15) is 11.5 Å². The standard InChI is InChI=1S/C26H35F2N7O3/c1-32-10-12-33(13-11-32)9-5-3-4-8-29-25-30-15-17-16-34(26(37)35(18-6-7-18)24(17)31-25)23-21(27)19(36)14-20(38-2)22(23)28/h14-15,18,36H,3-13,16H2,1-2H3,(H,29,30,31). The number of carbonyl (C=O) groups excluding carboxylic acids is 1. The van der Waals surface area contributed by atoms with E-state index in [9.17, 15) is 14.3 Å². The predicted octanol–water partition coefficient (Wildman–Crippen LogP) is 3.41. The largest absolute Gasteiger partial charge is 0.505 e. The first-order chi connectivity index (χ1) is 18.4. The van der Waals surface area contributed by atoms with Crippen molar-refractivity contribution in [3.8, 4) is 11.5 Å². The Hall–Kier alpha value is -3.25. The topological polar surface area (TPSA) is 97.3 Å². The van der Waals surface area contributed by atoms with E-state index in [-0.39, 0.29) is 18.3 Å². The summed E-state index contributed by atoms with van der Waals surface area (Å²) in [6, 6.07) is 0.147. The lowest BCUT2D eigenvalue weighted by atomic mass is 10.1. The highest BCUT2D eigenvalue weighted by molar-refractivity contribution is 6.06. The number of urea groups is 1. The van der Waals surface area contributed by atoms with Crippen LogP contribution >= 0.6 is 0 Å². The average Bonchev–Trinajstić information content (AvgIpc) is 3.75. The number of likely N-dealkylation sites (N-methyl/N-ethyl adjacent to an activating group) is 1. The fourth-order valence-electron chi connectivity index (χ4n) is 4.98. The van der Waals surface area contributed by atoms with Gasteiger partial charge in [0.15, 0.2) is 23.1 Å². The maximum atomic E-state index is 15.1. The minimum atomic E-state index is -1.22. The van der Waals surface area contributed by atoms with Gasteiger partial charge in [0, 0.05) is 56.6 Å². The number of rotatable bonds is 10. The summed E-state index contributed by atoms with van der Waals surface area (Å²) in [6.07, 6.45) is 6.34. The number of methoxy groups -OCH3 is 1. The number of carbonyl (C=O) groups is 1. The Kier molecular flexibility index (Phi) is 7.80. The molecule has 2 amide bonds. The highest BCUT2D eigenvalue weighted by atomic mass is 19.1. The van der Waals surface area contributed by atoms with Gasteiger partial charge in [-0.2, -0.15) is 4.98 Å². The molecule has 2 fully saturated rings. The van der Waals surface area contributed by atoms with E-state index in [0.717, 1.165) is 75.8 Å². The van der Waals surface area contributed by atoms with Crippen LogP contribution in [0.1, 0.15) is 37.7 Å². The number of hydrogen-bond donors (Lipinski definition) is 2. The summed E-state index contributed by atoms with van der Waals surface area (Å²) in [5.74, 6) is -2.55. The van der Waals surface area contributed by atoms with Crippen molar-refractivity contribution in [3.05, 3.63) is 29.5 Å². The molecule has 2 aromatic rings. The second-order valence-electron chi connectivity index (χ2n) is 10.2. The average molecular weight is 532 g/mol. The first kappa shape index (κ1) is 26.4. The number of fused-ring (bicyclic) bond motifs is 1. The minimum absolute atomic E-state index is 0.105. The third-order valence-corrected chi connectivity index (χ3v) is 7.39. The molecule has 1 saturated heterocycles. The molecule has 0 unspecified atom stereocenters. The van der Waals surface area contributed by atoms with Crippen molar-refractivity contribution in [2.45, 2.75) is 44.7 Å². The number of nitrogens with zero attached hydrogens (tertiary/aromatic N) is 6. The maximum absolute atomic E-state index is 15.1. The molecule has 12 heteroatoms. The van der Waals surface area contributed by atoms with Crippen LogP contribution in [0.3, 0.4) is 0 Å². The summed E-state index contributed by atoms with van der Waals surface area (Å²) in [7, 11) is 3.37. The maximum Gasteiger partial charge on any atom is 0.330 e. The highest BCUT2D eigenvalue weighted by Gasteiger charge is 2.44. The van der Waals surface area contributed by atoms with Crippen LogP contribution in [0.25, 0.3) is 0 Å². The van der Waals surface area contributed by atoms with E-state index in [0.29, 0.717) is 23.9 Å². The lowest BCUT2D eigenvalue weighted by Crippen LogP contribution is -2.49. The number of phenols is 1. The molecule has 1 aliphatic carbocycles. The molecule has 0 spiro atoms. The van der Waals surface area contributed by atoms with Crippen LogP contribution in [0.2, 0.25) is 0 Å². The molecule has 38 heavy (non-hydrogen) atoms. The van der Waals surface area contributed by atoms with Gasteiger partial charge in [0.2, 0.25) is 5.95 Å². The molecule has 2 N–H and O–H groups in total. The quantitative estimate of drug-likeness (QED) is 0.451. The molecule has 3 heterocycles. The molecular weight excluding hydrogens is 496 g/mol. The van der Waals surface area contributed by atoms with Crippen LogP contribution in [0.15, 0.2) is 12.3 Å². The van der Waals surface area contributed by atoms with Gasteiger partial charge in [-0.05, 0) is 39.3 Å². The lowest BCUT2D eigenvalue weighted by Gasteiger charge is -2.36. The molecular formula is C26H35F2N7O3. The smallest absolute Gasteiger partial charge is 0.330 e. The third kappa shape index (κ3) is 5.46. The van der Waals surface area contributed by atoms with E-state index in [1.54, 1.807) is 6.20 Å². The van der Waals surface area contributed by atoms with Crippen molar-refractivity contribution in [2.75, 3.05) is 68.5 Å². The van der Waals surface area contributed by atoms with Crippen molar-refractivity contribution >= 4 is 23.5 Å². The lowest BCUT2D eigenvalue weighted by molar-refractivity contribution is 0.152. The number of aromatic nitrogens is 2. The van der Waals surface area contributed by atoms with Crippen LogP contribution in [0, 0.1) is 11.6 Å². The molecule has 206 valence electrons. The fraction of sp³-hybridized carbons (Fsp3) is 0.577. The number of phenolic OH excluding ortho intramolecular Hbond substituents is 1. The van der Waals surface area contributed by atoms with E-state index in [1.165, 1.54) is 12.0 Å². The second-order valence-corrected chi connectivity index (χ2v) is 10.2. The number of unbranched alkanes of at least 4 members (excludes halogenated alkanes) is 2. The van der Waals surface area contributed by atoms with Gasteiger partial charge < -0.3 is 25.0 Å². The highest BCUT2D eigenvalue weighted by Crippen LogP contribution is 2.42. The minimum Gasteiger partial charge on any atom is -0.505 e. The Morgan fingerprint density at radius 1 is 1.13 bits per heavy atom. The summed E-state index contributed by atoms with van der Waals surface area (Å²) in [4.78, 5) is 29.8. The van der Waals surface area contributed by atoms with Crippen molar-refractivity contribution in [1.82, 2.24) is 19.8 Å². The Labute approximate surface area is 221 Å². The number of piperazine rings is 1. The zero-order valence-electron chi connectivity index (χ0n) is 21.9. The number of amides is 2. The zero-order valence-corrected chi connectivity index (χ0v) is 21.9. The van der Waals surface area contributed by atoms with Crippen LogP contribution in [0.5, 0.6) is 11.5 Å². The van der Waals surface area contributed by atoms with E-state index < -0.39 is 29.1 Å². The second kappa shape index (κ2) is 11.2. The normalized spacial score (nSPS) is 18.6. The molecule has 0 atom stereocenters. The number of hydrogen-bond acceptors (Lipinski definition) is 8. The molecule has 5 rings (SSSR count). The molecule has 3 aliphatic rings. The summed E-state index contributed by atoms with van der Waals surface area (Å²) >= 11 is 0. The van der Waals surface area contributed by atoms with Crippen molar-refractivity contribution in [2.24, 2.45) is 0 Å². The Balaban J connectivity index is 1.24. The predicted molar refractivity (Wildman–Crippen MR) is 140 cm³/mol. The van der Waals surface area contributed by atoms with Crippen LogP contribution < -0.4 is 19.9 Å². The fourth-order valence-corrected chi connectivity index (χ4v) is 4.98. The van der Waals surface area contributed by atoms with Crippen molar-refractivity contribution < 1.29 is 23.4 Å². The van der Waals surface area contributed by atoms with E-state index in [4.69, 9.17) is 4.74 Å². The number of benzene rings is 1. The Morgan fingerprint density at radius 2 is 1.89 bits per heavy atom. The van der Waals surface area contributed by atoms with Gasteiger partial charge in [-0.25, -0.2) is 18.6 Å². The Morgan fingerprint density at radius 3 is 2.61 bits per heavy atom. The van der Waals surface area contributed by atoms with E-state index in [2.05, 4.69) is 32.1 Å². The van der Waals surface area contributed by atoms with Gasteiger partial charge in [0.05, 0.1) is 13.7 Å². The van der Waals surface area contributed by atoms with Gasteiger partial charge in [-0.15, -0.1) is 0 Å². The summed E-state index contributed by atoms with van der Waals surface area (Å²) in [5.41, 5.74) is -0.0859. The Bertz CT molecular complexity index is 1170. The molecule has 1 aromatic heterocycles. The monoisotopic (exact) mass is 531 g/mol. The van der Waals surface area contributed by atoms with Crippen LogP contribution in [0.4, 0.5) is 31.0 Å². The van der Waals surface area contributed by atoms with Crippen molar-refractivity contribution in [1.29, 1.82) is 0 Å². The van der Waals surface area contributed by atoms with Crippen LogP contribution in [-0.4, -0.2) is 90.4 Å². The summed E-state index contributed by atoms with van der Waals surface area (Å²) in [6.45, 7) is 6.20. The SMILES string of the molecule is COc1cc(O)c(F)c(N2Cc3cnc(NCCCCCN4CCN(C)CC4)nc3N(C3CC3)C2=O)c1F. The number of halogens is 2. The molecule has 2 aliphatic heterocycles. The van der Waals surface area contributed by atoms with Crippen molar-refractivity contribution in [3.63, 3.8) is 0 Å². The van der Waals surface area contributed by atoms with Gasteiger partial charge in [-0.3, -0.25) is 9.80 Å². The number of anilines is 3. The molecule has 10 nitrogen and oxygen atoms in total. The van der Waals surface area contributed by atoms with Crippen LogP contribution in [-0.2, 0) is 6.54 Å². The molecule has 0 radical (unpaired) electrons. The molecule has 0 bridgehead atoms. The first-order valence-corrected chi connectivity index (χ1v) is 13.2. The van der Waals surface area contributed by atoms with E-state index >= 15 is 4.39 Å². The molecule has 1 aromatic carbocycles. The number of nitrogens with one attached hydrogen (secondary N) is 1. The third-order valence-electron chi connectivity index (χ3n) is 7.39. The van der Waals surface area contributed by atoms with Gasteiger partial charge >= 0.3 is 6.03 Å². The number of aromatic hydroxyl groups is 1. The van der Waals surface area contributed by atoms with Gasteiger partial charge in [-0.1, -0.05) is 6.42 Å².